The number of halogens is 1. The third kappa shape index (κ3) is 5.16. The Morgan fingerprint density at radius 1 is 1.22 bits per heavy atom. The largest absolute Gasteiger partial charge is 0.351 e. The van der Waals surface area contributed by atoms with E-state index < -0.39 is 10.0 Å². The van der Waals surface area contributed by atoms with Crippen molar-refractivity contribution in [1.29, 1.82) is 0 Å². The van der Waals surface area contributed by atoms with Crippen LogP contribution in [0.5, 0.6) is 0 Å². The van der Waals surface area contributed by atoms with Gasteiger partial charge in [-0.05, 0) is 31.2 Å². The molecule has 0 aromatic heterocycles. The van der Waals surface area contributed by atoms with E-state index >= 15 is 0 Å². The third-order valence-electron chi connectivity index (χ3n) is 2.22. The van der Waals surface area contributed by atoms with Crippen LogP contribution in [0.3, 0.4) is 0 Å². The molecule has 18 heavy (non-hydrogen) atoms. The fourth-order valence-electron chi connectivity index (χ4n) is 1.19. The van der Waals surface area contributed by atoms with Gasteiger partial charge in [0.2, 0.25) is 10.0 Å². The predicted molar refractivity (Wildman–Crippen MR) is 73.9 cm³/mol. The summed E-state index contributed by atoms with van der Waals surface area (Å²) in [5, 5.41) is 2.63. The van der Waals surface area contributed by atoms with Crippen LogP contribution in [0, 0.1) is 0 Å². The molecule has 0 heterocycles. The van der Waals surface area contributed by atoms with Crippen molar-refractivity contribution in [2.45, 2.75) is 6.92 Å². The zero-order valence-electron chi connectivity index (χ0n) is 9.94. The van der Waals surface area contributed by atoms with Crippen LogP contribution in [0.4, 0.5) is 0 Å². The molecule has 1 aromatic rings. The summed E-state index contributed by atoms with van der Waals surface area (Å²) < 4.78 is 25.5. The maximum Gasteiger partial charge on any atom is 0.251 e. The lowest BCUT2D eigenvalue weighted by molar-refractivity contribution is 0.0954. The highest BCUT2D eigenvalue weighted by Gasteiger charge is 2.07. The van der Waals surface area contributed by atoms with Gasteiger partial charge in [0.15, 0.2) is 0 Å². The maximum absolute atomic E-state index is 11.6. The summed E-state index contributed by atoms with van der Waals surface area (Å²) in [6, 6.07) is 6.93. The molecular weight excluding hydrogens is 320 g/mol. The van der Waals surface area contributed by atoms with Crippen molar-refractivity contribution >= 4 is 31.9 Å². The van der Waals surface area contributed by atoms with Crippen LogP contribution in [0.1, 0.15) is 17.3 Å². The number of nitrogens with one attached hydrogen (secondary N) is 2. The summed E-state index contributed by atoms with van der Waals surface area (Å²) in [6.07, 6.45) is 0. The summed E-state index contributed by atoms with van der Waals surface area (Å²) in [5.41, 5.74) is 0.538. The van der Waals surface area contributed by atoms with Gasteiger partial charge in [0, 0.05) is 23.1 Å². The van der Waals surface area contributed by atoms with Gasteiger partial charge in [-0.25, -0.2) is 13.1 Å². The lowest BCUT2D eigenvalue weighted by Gasteiger charge is -2.06. The third-order valence-corrected chi connectivity index (χ3v) is 4.15. The van der Waals surface area contributed by atoms with E-state index in [-0.39, 0.29) is 24.7 Å². The highest BCUT2D eigenvalue weighted by Crippen LogP contribution is 2.10. The summed E-state index contributed by atoms with van der Waals surface area (Å²) in [6.45, 7) is 2.01. The molecule has 1 amide bonds. The number of benzene rings is 1. The van der Waals surface area contributed by atoms with Crippen molar-refractivity contribution in [2.75, 3.05) is 18.8 Å². The smallest absolute Gasteiger partial charge is 0.251 e. The van der Waals surface area contributed by atoms with E-state index in [0.717, 1.165) is 4.47 Å². The zero-order valence-corrected chi connectivity index (χ0v) is 12.3. The molecule has 2 N–H and O–H groups in total. The quantitative estimate of drug-likeness (QED) is 0.765. The standard InChI is InChI=1S/C11H15BrN2O3S/c1-2-18(16,17)14-8-7-13-11(15)9-3-5-10(12)6-4-9/h3-6,14H,2,7-8H2,1H3,(H,13,15). The molecule has 1 aromatic carbocycles. The van der Waals surface area contributed by atoms with Crippen LogP contribution >= 0.6 is 15.9 Å². The molecule has 0 bridgehead atoms. The Balaban J connectivity index is 2.36. The van der Waals surface area contributed by atoms with Gasteiger partial charge in [0.1, 0.15) is 0 Å². The average molecular weight is 335 g/mol. The molecule has 0 saturated carbocycles. The van der Waals surface area contributed by atoms with Crippen molar-refractivity contribution in [3.8, 4) is 0 Å². The Bertz CT molecular complexity index is 500. The zero-order chi connectivity index (χ0) is 13.6. The van der Waals surface area contributed by atoms with E-state index in [4.69, 9.17) is 0 Å². The Hall–Kier alpha value is -0.920. The molecule has 100 valence electrons. The Kier molecular flexibility index (Phi) is 5.77. The predicted octanol–water partition coefficient (Wildman–Crippen LogP) is 1.12. The summed E-state index contributed by atoms with van der Waals surface area (Å²) in [5.74, 6) is -0.189. The molecule has 0 atom stereocenters. The van der Waals surface area contributed by atoms with Crippen molar-refractivity contribution in [2.24, 2.45) is 0 Å². The molecule has 0 aliphatic carbocycles. The first-order valence-corrected chi connectivity index (χ1v) is 7.90. The number of carbonyl (C=O) groups is 1. The minimum Gasteiger partial charge on any atom is -0.351 e. The molecule has 0 fully saturated rings. The number of carbonyl (C=O) groups excluding carboxylic acids is 1. The number of amides is 1. The maximum atomic E-state index is 11.6. The minimum absolute atomic E-state index is 0.0354. The fourth-order valence-corrected chi connectivity index (χ4v) is 2.07. The van der Waals surface area contributed by atoms with Crippen molar-refractivity contribution in [3.05, 3.63) is 34.3 Å². The van der Waals surface area contributed by atoms with Gasteiger partial charge in [-0.2, -0.15) is 0 Å². The molecule has 0 spiro atoms. The van der Waals surface area contributed by atoms with Crippen LogP contribution in [-0.4, -0.2) is 33.2 Å². The number of rotatable bonds is 6. The minimum atomic E-state index is -3.20. The Labute approximate surface area is 115 Å². The number of hydrogen-bond donors (Lipinski definition) is 2. The molecule has 0 radical (unpaired) electrons. The average Bonchev–Trinajstić information content (AvgIpc) is 2.35. The lowest BCUT2D eigenvalue weighted by atomic mass is 10.2. The SMILES string of the molecule is CCS(=O)(=O)NCCNC(=O)c1ccc(Br)cc1. The normalized spacial score (nSPS) is 11.2. The van der Waals surface area contributed by atoms with Crippen LogP contribution < -0.4 is 10.0 Å². The summed E-state index contributed by atoms with van der Waals surface area (Å²) in [7, 11) is -3.20. The molecule has 0 unspecified atom stereocenters. The van der Waals surface area contributed by atoms with E-state index in [9.17, 15) is 13.2 Å². The van der Waals surface area contributed by atoms with Crippen LogP contribution in [-0.2, 0) is 10.0 Å². The molecule has 0 aliphatic heterocycles. The number of sulfonamides is 1. The van der Waals surface area contributed by atoms with Gasteiger partial charge >= 0.3 is 0 Å². The van der Waals surface area contributed by atoms with Gasteiger partial charge < -0.3 is 5.32 Å². The first kappa shape index (κ1) is 15.1. The van der Waals surface area contributed by atoms with Crippen molar-refractivity contribution < 1.29 is 13.2 Å². The van der Waals surface area contributed by atoms with Gasteiger partial charge in [0.05, 0.1) is 5.75 Å². The van der Waals surface area contributed by atoms with Crippen LogP contribution in [0.2, 0.25) is 0 Å². The van der Waals surface area contributed by atoms with Crippen molar-refractivity contribution in [3.63, 3.8) is 0 Å². The Morgan fingerprint density at radius 2 is 1.83 bits per heavy atom. The van der Waals surface area contributed by atoms with Crippen LogP contribution in [0.15, 0.2) is 28.7 Å². The Morgan fingerprint density at radius 3 is 2.39 bits per heavy atom. The second-order valence-electron chi connectivity index (χ2n) is 3.56. The van der Waals surface area contributed by atoms with Gasteiger partial charge in [-0.15, -0.1) is 0 Å². The van der Waals surface area contributed by atoms with E-state index in [1.165, 1.54) is 0 Å². The molecule has 1 rings (SSSR count). The highest BCUT2D eigenvalue weighted by molar-refractivity contribution is 9.10. The van der Waals surface area contributed by atoms with E-state index in [1.54, 1.807) is 31.2 Å². The molecule has 0 aliphatic rings. The first-order chi connectivity index (χ1) is 8.44. The van der Waals surface area contributed by atoms with Gasteiger partial charge in [-0.3, -0.25) is 4.79 Å². The van der Waals surface area contributed by atoms with Gasteiger partial charge in [-0.1, -0.05) is 15.9 Å². The second kappa shape index (κ2) is 6.86. The van der Waals surface area contributed by atoms with E-state index in [0.29, 0.717) is 5.56 Å². The highest BCUT2D eigenvalue weighted by atomic mass is 79.9. The lowest BCUT2D eigenvalue weighted by Crippen LogP contribution is -2.35. The fraction of sp³-hybridized carbons (Fsp3) is 0.364. The number of hydrogen-bond acceptors (Lipinski definition) is 3. The topological polar surface area (TPSA) is 75.3 Å². The second-order valence-corrected chi connectivity index (χ2v) is 6.57. The molecular formula is C11H15BrN2O3S. The first-order valence-electron chi connectivity index (χ1n) is 5.45. The molecule has 7 heteroatoms. The van der Waals surface area contributed by atoms with Crippen molar-refractivity contribution in [1.82, 2.24) is 10.0 Å². The van der Waals surface area contributed by atoms with Gasteiger partial charge in [0.25, 0.3) is 5.91 Å². The molecule has 0 saturated heterocycles. The monoisotopic (exact) mass is 334 g/mol. The van der Waals surface area contributed by atoms with Crippen LogP contribution in [0.25, 0.3) is 0 Å². The van der Waals surface area contributed by atoms with E-state index in [2.05, 4.69) is 26.0 Å². The molecule has 5 nitrogen and oxygen atoms in total. The summed E-state index contributed by atoms with van der Waals surface area (Å²) >= 11 is 3.28. The van der Waals surface area contributed by atoms with E-state index in [1.807, 2.05) is 0 Å². The summed E-state index contributed by atoms with van der Waals surface area (Å²) in [4.78, 5) is 11.6.